The van der Waals surface area contributed by atoms with E-state index in [9.17, 15) is 19.5 Å². The van der Waals surface area contributed by atoms with E-state index in [0.717, 1.165) is 4.47 Å². The molecule has 0 saturated carbocycles. The first-order chi connectivity index (χ1) is 14.2. The van der Waals surface area contributed by atoms with E-state index in [1.54, 1.807) is 48.5 Å². The van der Waals surface area contributed by atoms with E-state index in [0.29, 0.717) is 16.1 Å². The first-order valence-electron chi connectivity index (χ1n) is 9.21. The molecule has 0 spiro atoms. The van der Waals surface area contributed by atoms with Crippen molar-refractivity contribution in [1.82, 2.24) is 10.6 Å². The zero-order valence-electron chi connectivity index (χ0n) is 16.4. The van der Waals surface area contributed by atoms with Crippen LogP contribution >= 0.6 is 27.5 Å². The van der Waals surface area contributed by atoms with Crippen LogP contribution in [-0.4, -0.2) is 23.8 Å². The molecule has 0 aliphatic carbocycles. The SMILES string of the molecule is CC(C)C[C@H](NC(=O)/C(=C/c1ccc(Cl)cc1)NC(=O)c1ccc(Br)cc1)C(=O)[O-]. The highest BCUT2D eigenvalue weighted by Crippen LogP contribution is 2.14. The molecule has 0 aliphatic rings. The summed E-state index contributed by atoms with van der Waals surface area (Å²) in [5.74, 6) is -2.60. The topological polar surface area (TPSA) is 98.3 Å². The van der Waals surface area contributed by atoms with E-state index in [2.05, 4.69) is 26.6 Å². The Morgan fingerprint density at radius 1 is 1.07 bits per heavy atom. The summed E-state index contributed by atoms with van der Waals surface area (Å²) in [4.78, 5) is 36.8. The monoisotopic (exact) mass is 491 g/mol. The number of amides is 2. The summed E-state index contributed by atoms with van der Waals surface area (Å²) in [7, 11) is 0. The molecule has 2 amide bonds. The van der Waals surface area contributed by atoms with Crippen molar-refractivity contribution in [2.24, 2.45) is 5.92 Å². The van der Waals surface area contributed by atoms with Crippen LogP contribution < -0.4 is 15.7 Å². The molecule has 0 aromatic heterocycles. The number of carbonyl (C=O) groups is 3. The highest BCUT2D eigenvalue weighted by molar-refractivity contribution is 9.10. The third-order valence-corrected chi connectivity index (χ3v) is 4.86. The van der Waals surface area contributed by atoms with Crippen LogP contribution in [0.25, 0.3) is 6.08 Å². The lowest BCUT2D eigenvalue weighted by Gasteiger charge is -2.22. The maximum atomic E-state index is 12.8. The average Bonchev–Trinajstić information content (AvgIpc) is 2.68. The number of aliphatic carboxylic acids is 1. The fourth-order valence-electron chi connectivity index (χ4n) is 2.60. The summed E-state index contributed by atoms with van der Waals surface area (Å²) < 4.78 is 0.805. The molecule has 1 atom stereocenters. The fraction of sp³-hybridized carbons (Fsp3) is 0.227. The molecule has 0 aliphatic heterocycles. The molecule has 2 aromatic rings. The second-order valence-electron chi connectivity index (χ2n) is 7.05. The second-order valence-corrected chi connectivity index (χ2v) is 8.40. The molecule has 158 valence electrons. The predicted molar refractivity (Wildman–Crippen MR) is 117 cm³/mol. The third kappa shape index (κ3) is 7.31. The second kappa shape index (κ2) is 10.9. The normalized spacial score (nSPS) is 12.4. The zero-order chi connectivity index (χ0) is 22.3. The Balaban J connectivity index is 2.31. The molecule has 6 nitrogen and oxygen atoms in total. The smallest absolute Gasteiger partial charge is 0.268 e. The van der Waals surface area contributed by atoms with Crippen molar-refractivity contribution in [2.45, 2.75) is 26.3 Å². The number of carboxylic acids is 1. The molecule has 0 bridgehead atoms. The maximum Gasteiger partial charge on any atom is 0.268 e. The summed E-state index contributed by atoms with van der Waals surface area (Å²) in [5.41, 5.74) is 0.849. The van der Waals surface area contributed by atoms with Gasteiger partial charge in [0.15, 0.2) is 0 Å². The van der Waals surface area contributed by atoms with Crippen LogP contribution in [0, 0.1) is 5.92 Å². The molecule has 0 saturated heterocycles. The molecule has 2 aromatic carbocycles. The number of benzene rings is 2. The minimum Gasteiger partial charge on any atom is -0.548 e. The maximum absolute atomic E-state index is 12.8. The van der Waals surface area contributed by atoms with E-state index in [-0.39, 0.29) is 18.0 Å². The van der Waals surface area contributed by atoms with Crippen molar-refractivity contribution in [3.8, 4) is 0 Å². The Morgan fingerprint density at radius 3 is 2.20 bits per heavy atom. The highest BCUT2D eigenvalue weighted by Gasteiger charge is 2.20. The summed E-state index contributed by atoms with van der Waals surface area (Å²) in [6, 6.07) is 12.0. The van der Waals surface area contributed by atoms with Crippen molar-refractivity contribution in [1.29, 1.82) is 0 Å². The third-order valence-electron chi connectivity index (χ3n) is 4.08. The van der Waals surface area contributed by atoms with Crippen molar-refractivity contribution in [2.75, 3.05) is 0 Å². The first kappa shape index (κ1) is 23.6. The highest BCUT2D eigenvalue weighted by atomic mass is 79.9. The Morgan fingerprint density at radius 2 is 1.67 bits per heavy atom. The lowest BCUT2D eigenvalue weighted by molar-refractivity contribution is -0.308. The van der Waals surface area contributed by atoms with Crippen molar-refractivity contribution >= 4 is 51.4 Å². The molecule has 2 N–H and O–H groups in total. The van der Waals surface area contributed by atoms with Gasteiger partial charge in [-0.3, -0.25) is 9.59 Å². The largest absolute Gasteiger partial charge is 0.548 e. The molecule has 0 heterocycles. The molecule has 0 fully saturated rings. The van der Waals surface area contributed by atoms with Crippen molar-refractivity contribution in [3.05, 3.63) is 74.9 Å². The number of hydrogen-bond acceptors (Lipinski definition) is 4. The van der Waals surface area contributed by atoms with Crippen LogP contribution in [0.5, 0.6) is 0 Å². The number of carbonyl (C=O) groups excluding carboxylic acids is 3. The van der Waals surface area contributed by atoms with Gasteiger partial charge >= 0.3 is 0 Å². The van der Waals surface area contributed by atoms with Crippen LogP contribution in [-0.2, 0) is 9.59 Å². The standard InChI is InChI=1S/C22H22BrClN2O4/c1-13(2)11-19(22(29)30)26-21(28)18(12-14-3-9-17(24)10-4-14)25-20(27)15-5-7-16(23)8-6-15/h3-10,12-13,19H,11H2,1-2H3,(H,25,27)(H,26,28)(H,29,30)/p-1/b18-12-/t19-/m0/s1. The Kier molecular flexibility index (Phi) is 8.62. The molecular weight excluding hydrogens is 472 g/mol. The quantitative estimate of drug-likeness (QED) is 0.553. The fourth-order valence-corrected chi connectivity index (χ4v) is 2.99. The number of hydrogen-bond donors (Lipinski definition) is 2. The average molecular weight is 493 g/mol. The van der Waals surface area contributed by atoms with Gasteiger partial charge in [-0.2, -0.15) is 0 Å². The number of nitrogens with one attached hydrogen (secondary N) is 2. The molecule has 0 radical (unpaired) electrons. The number of halogens is 2. The lowest BCUT2D eigenvalue weighted by atomic mass is 10.0. The summed E-state index contributed by atoms with van der Waals surface area (Å²) in [5, 5.41) is 16.9. The van der Waals surface area contributed by atoms with E-state index in [1.807, 2.05) is 13.8 Å². The van der Waals surface area contributed by atoms with Gasteiger partial charge in [0.2, 0.25) is 0 Å². The van der Waals surface area contributed by atoms with Gasteiger partial charge in [0.1, 0.15) is 5.70 Å². The van der Waals surface area contributed by atoms with Gasteiger partial charge in [0.05, 0.1) is 12.0 Å². The van der Waals surface area contributed by atoms with Gasteiger partial charge in [-0.15, -0.1) is 0 Å². The Hall–Kier alpha value is -2.64. The zero-order valence-corrected chi connectivity index (χ0v) is 18.8. The molecule has 8 heteroatoms. The number of carboxylic acid groups (broad SMARTS) is 1. The summed E-state index contributed by atoms with van der Waals surface area (Å²) >= 11 is 9.19. The van der Waals surface area contributed by atoms with Gasteiger partial charge in [-0.05, 0) is 60.4 Å². The van der Waals surface area contributed by atoms with Crippen molar-refractivity contribution < 1.29 is 19.5 Å². The van der Waals surface area contributed by atoms with Gasteiger partial charge in [0.25, 0.3) is 11.8 Å². The Bertz CT molecular complexity index is 941. The first-order valence-corrected chi connectivity index (χ1v) is 10.4. The molecule has 0 unspecified atom stereocenters. The van der Waals surface area contributed by atoms with E-state index in [4.69, 9.17) is 11.6 Å². The van der Waals surface area contributed by atoms with E-state index < -0.39 is 23.8 Å². The van der Waals surface area contributed by atoms with Crippen LogP contribution in [0.3, 0.4) is 0 Å². The van der Waals surface area contributed by atoms with Crippen molar-refractivity contribution in [3.63, 3.8) is 0 Å². The van der Waals surface area contributed by atoms with Crippen LogP contribution in [0.4, 0.5) is 0 Å². The van der Waals surface area contributed by atoms with E-state index in [1.165, 1.54) is 6.08 Å². The van der Waals surface area contributed by atoms with Gasteiger partial charge in [-0.25, -0.2) is 0 Å². The predicted octanol–water partition coefficient (Wildman–Crippen LogP) is 3.15. The van der Waals surface area contributed by atoms with E-state index >= 15 is 0 Å². The minimum absolute atomic E-state index is 0.0225. The van der Waals surface area contributed by atoms with Crippen LogP contribution in [0.2, 0.25) is 5.02 Å². The van der Waals surface area contributed by atoms with Crippen LogP contribution in [0.15, 0.2) is 58.7 Å². The van der Waals surface area contributed by atoms with Gasteiger partial charge in [-0.1, -0.05) is 53.5 Å². The summed E-state index contributed by atoms with van der Waals surface area (Å²) in [6.07, 6.45) is 1.65. The summed E-state index contributed by atoms with van der Waals surface area (Å²) in [6.45, 7) is 3.67. The minimum atomic E-state index is -1.39. The Labute approximate surface area is 188 Å². The van der Waals surface area contributed by atoms with Crippen LogP contribution in [0.1, 0.15) is 36.2 Å². The van der Waals surface area contributed by atoms with Gasteiger partial charge < -0.3 is 20.5 Å². The van der Waals surface area contributed by atoms with Gasteiger partial charge in [0, 0.05) is 15.1 Å². The molecule has 30 heavy (non-hydrogen) atoms. The molecule has 2 rings (SSSR count). The number of rotatable bonds is 8. The lowest BCUT2D eigenvalue weighted by Crippen LogP contribution is -2.50. The molecular formula is C22H21BrClN2O4-.